The van der Waals surface area contributed by atoms with Gasteiger partial charge < -0.3 is 9.88 Å². The Labute approximate surface area is 210 Å². The van der Waals surface area contributed by atoms with Crippen LogP contribution in [0.4, 0.5) is 14.6 Å². The molecule has 190 valence electrons. The number of carbonyl (C=O) groups excluding carboxylic acids is 2. The third kappa shape index (κ3) is 5.80. The number of nitrogens with zero attached hydrogens (tertiary/aromatic N) is 3. The van der Waals surface area contributed by atoms with Crippen LogP contribution in [0.25, 0.3) is 0 Å². The van der Waals surface area contributed by atoms with Crippen molar-refractivity contribution in [1.82, 2.24) is 14.9 Å². The van der Waals surface area contributed by atoms with Crippen molar-refractivity contribution in [3.63, 3.8) is 0 Å². The van der Waals surface area contributed by atoms with Crippen LogP contribution in [0.3, 0.4) is 0 Å². The fraction of sp³-hybridized carbons (Fsp3) is 0.393. The molecule has 3 aromatic rings. The van der Waals surface area contributed by atoms with Crippen LogP contribution in [0.2, 0.25) is 0 Å². The van der Waals surface area contributed by atoms with E-state index >= 15 is 0 Å². The normalized spacial score (nSPS) is 12.8. The Morgan fingerprint density at radius 3 is 2.61 bits per heavy atom. The Morgan fingerprint density at radius 2 is 1.86 bits per heavy atom. The molecule has 0 saturated heterocycles. The number of unbranched alkanes of at least 4 members (excludes halogenated alkanes) is 1. The average Bonchev–Trinajstić information content (AvgIpc) is 3.28. The summed E-state index contributed by atoms with van der Waals surface area (Å²) in [6, 6.07) is 13.2. The van der Waals surface area contributed by atoms with Crippen molar-refractivity contribution in [3.8, 4) is 0 Å². The van der Waals surface area contributed by atoms with Gasteiger partial charge in [-0.15, -0.1) is 0 Å². The highest BCUT2D eigenvalue weighted by atomic mass is 19.2. The molecule has 1 aliphatic rings. The Balaban J connectivity index is 1.60. The Hall–Kier alpha value is -3.55. The molecule has 0 fully saturated rings. The molecule has 0 bridgehead atoms. The number of anilines is 1. The lowest BCUT2D eigenvalue weighted by Crippen LogP contribution is -2.36. The van der Waals surface area contributed by atoms with Gasteiger partial charge in [0.2, 0.25) is 0 Å². The predicted molar refractivity (Wildman–Crippen MR) is 135 cm³/mol. The molecule has 0 atom stereocenters. The SMILES string of the molecule is CCCCN(C(=O)c1ccc(F)c(F)c1)c1nc2n(c1C(=O)NCCCc1ccccc1)CCCC2. The zero-order valence-corrected chi connectivity index (χ0v) is 20.6. The highest BCUT2D eigenvalue weighted by Crippen LogP contribution is 2.28. The van der Waals surface area contributed by atoms with Crippen molar-refractivity contribution in [2.45, 2.75) is 58.4 Å². The van der Waals surface area contributed by atoms with Crippen LogP contribution >= 0.6 is 0 Å². The van der Waals surface area contributed by atoms with E-state index in [1.807, 2.05) is 29.7 Å². The highest BCUT2D eigenvalue weighted by molar-refractivity contribution is 6.09. The summed E-state index contributed by atoms with van der Waals surface area (Å²) in [5.41, 5.74) is 1.58. The maximum atomic E-state index is 13.9. The minimum atomic E-state index is -1.09. The minimum absolute atomic E-state index is 0.0187. The summed E-state index contributed by atoms with van der Waals surface area (Å²) in [7, 11) is 0. The van der Waals surface area contributed by atoms with Gasteiger partial charge in [-0.25, -0.2) is 13.8 Å². The summed E-state index contributed by atoms with van der Waals surface area (Å²) in [5.74, 6) is -1.83. The number of amides is 2. The molecule has 0 unspecified atom stereocenters. The van der Waals surface area contributed by atoms with Crippen LogP contribution in [0.5, 0.6) is 0 Å². The molecular weight excluding hydrogens is 462 g/mol. The Kier molecular flexibility index (Phi) is 8.46. The molecule has 2 aromatic carbocycles. The van der Waals surface area contributed by atoms with E-state index in [2.05, 4.69) is 17.4 Å². The molecule has 0 aliphatic carbocycles. The smallest absolute Gasteiger partial charge is 0.271 e. The first-order chi connectivity index (χ1) is 17.5. The van der Waals surface area contributed by atoms with Gasteiger partial charge in [-0.3, -0.25) is 14.5 Å². The first-order valence-electron chi connectivity index (χ1n) is 12.7. The van der Waals surface area contributed by atoms with Gasteiger partial charge in [0.25, 0.3) is 11.8 Å². The number of carbonyl (C=O) groups is 2. The van der Waals surface area contributed by atoms with E-state index in [1.165, 1.54) is 16.5 Å². The summed E-state index contributed by atoms with van der Waals surface area (Å²) in [6.07, 6.45) is 5.71. The zero-order valence-electron chi connectivity index (χ0n) is 20.6. The number of nitrogens with one attached hydrogen (secondary N) is 1. The van der Waals surface area contributed by atoms with Gasteiger partial charge in [-0.05, 0) is 55.9 Å². The summed E-state index contributed by atoms with van der Waals surface area (Å²) >= 11 is 0. The Morgan fingerprint density at radius 1 is 1.06 bits per heavy atom. The quantitative estimate of drug-likeness (QED) is 0.389. The average molecular weight is 495 g/mol. The lowest BCUT2D eigenvalue weighted by molar-refractivity contribution is 0.0943. The van der Waals surface area contributed by atoms with Gasteiger partial charge in [0.05, 0.1) is 0 Å². The second-order valence-electron chi connectivity index (χ2n) is 9.09. The molecule has 36 heavy (non-hydrogen) atoms. The van der Waals surface area contributed by atoms with E-state index in [0.29, 0.717) is 31.7 Å². The van der Waals surface area contributed by atoms with Gasteiger partial charge in [0, 0.05) is 31.6 Å². The van der Waals surface area contributed by atoms with Crippen molar-refractivity contribution in [1.29, 1.82) is 0 Å². The van der Waals surface area contributed by atoms with Crippen LogP contribution in [-0.4, -0.2) is 34.5 Å². The van der Waals surface area contributed by atoms with E-state index < -0.39 is 17.5 Å². The molecule has 1 aliphatic heterocycles. The second kappa shape index (κ2) is 11.9. The van der Waals surface area contributed by atoms with E-state index in [9.17, 15) is 18.4 Å². The molecule has 1 N–H and O–H groups in total. The topological polar surface area (TPSA) is 67.2 Å². The fourth-order valence-electron chi connectivity index (χ4n) is 4.51. The van der Waals surface area contributed by atoms with Crippen molar-refractivity contribution in [3.05, 3.63) is 82.8 Å². The van der Waals surface area contributed by atoms with Crippen LogP contribution in [0.15, 0.2) is 48.5 Å². The van der Waals surface area contributed by atoms with E-state index in [4.69, 9.17) is 4.98 Å². The van der Waals surface area contributed by atoms with Gasteiger partial charge in [0.1, 0.15) is 5.82 Å². The summed E-state index contributed by atoms with van der Waals surface area (Å²) < 4.78 is 29.3. The zero-order chi connectivity index (χ0) is 25.5. The van der Waals surface area contributed by atoms with E-state index in [0.717, 1.165) is 56.5 Å². The molecule has 2 heterocycles. The number of aromatic nitrogens is 2. The van der Waals surface area contributed by atoms with Crippen molar-refractivity contribution >= 4 is 17.6 Å². The maximum Gasteiger partial charge on any atom is 0.271 e. The van der Waals surface area contributed by atoms with Crippen LogP contribution in [-0.2, 0) is 19.4 Å². The molecule has 2 amide bonds. The summed E-state index contributed by atoms with van der Waals surface area (Å²) in [5, 5.41) is 3.00. The number of aryl methyl sites for hydroxylation is 2. The molecular formula is C28H32F2N4O2. The Bertz CT molecular complexity index is 1210. The molecule has 6 nitrogen and oxygen atoms in total. The minimum Gasteiger partial charge on any atom is -0.351 e. The molecule has 8 heteroatoms. The number of hydrogen-bond donors (Lipinski definition) is 1. The third-order valence-electron chi connectivity index (χ3n) is 6.45. The number of halogens is 2. The van der Waals surface area contributed by atoms with Crippen LogP contribution in [0.1, 0.15) is 71.3 Å². The van der Waals surface area contributed by atoms with Crippen LogP contribution in [0, 0.1) is 11.6 Å². The van der Waals surface area contributed by atoms with Gasteiger partial charge in [0.15, 0.2) is 23.1 Å². The largest absolute Gasteiger partial charge is 0.351 e. The standard InChI is InChI=1S/C28H32F2N4O2/c1-2-3-17-34(28(36)21-14-15-22(29)23(30)19-21)26-25(33-18-8-7-13-24(33)32-26)27(35)31-16-9-12-20-10-5-4-6-11-20/h4-6,10-11,14-15,19H,2-3,7-9,12-13,16-18H2,1H3,(H,31,35). The lowest BCUT2D eigenvalue weighted by atomic mass is 10.1. The molecule has 0 radical (unpaired) electrons. The van der Waals surface area contributed by atoms with Crippen LogP contribution < -0.4 is 10.2 Å². The summed E-state index contributed by atoms with van der Waals surface area (Å²) in [4.78, 5) is 33.1. The third-order valence-corrected chi connectivity index (χ3v) is 6.45. The van der Waals surface area contributed by atoms with Gasteiger partial charge in [-0.2, -0.15) is 0 Å². The number of imidazole rings is 1. The number of fused-ring (bicyclic) bond motifs is 1. The monoisotopic (exact) mass is 494 g/mol. The molecule has 0 saturated carbocycles. The first kappa shape index (κ1) is 25.5. The van der Waals surface area contributed by atoms with E-state index in [-0.39, 0.29) is 17.3 Å². The molecule has 1 aromatic heterocycles. The van der Waals surface area contributed by atoms with Crippen molar-refractivity contribution in [2.75, 3.05) is 18.0 Å². The fourth-order valence-corrected chi connectivity index (χ4v) is 4.51. The first-order valence-corrected chi connectivity index (χ1v) is 12.7. The molecule has 4 rings (SSSR count). The number of hydrogen-bond acceptors (Lipinski definition) is 3. The maximum absolute atomic E-state index is 13.9. The summed E-state index contributed by atoms with van der Waals surface area (Å²) in [6.45, 7) is 3.45. The molecule has 0 spiro atoms. The van der Waals surface area contributed by atoms with Gasteiger partial charge in [-0.1, -0.05) is 43.7 Å². The van der Waals surface area contributed by atoms with E-state index in [1.54, 1.807) is 0 Å². The second-order valence-corrected chi connectivity index (χ2v) is 9.09. The number of benzene rings is 2. The highest BCUT2D eigenvalue weighted by Gasteiger charge is 2.31. The van der Waals surface area contributed by atoms with Gasteiger partial charge >= 0.3 is 0 Å². The lowest BCUT2D eigenvalue weighted by Gasteiger charge is -2.22. The number of rotatable bonds is 10. The predicted octanol–water partition coefficient (Wildman–Crippen LogP) is 5.31. The van der Waals surface area contributed by atoms with Crippen molar-refractivity contribution < 1.29 is 18.4 Å². The van der Waals surface area contributed by atoms with Crippen molar-refractivity contribution in [2.24, 2.45) is 0 Å².